The van der Waals surface area contributed by atoms with Crippen molar-refractivity contribution in [3.05, 3.63) is 22.6 Å². The molecule has 2 aliphatic heterocycles. The summed E-state index contributed by atoms with van der Waals surface area (Å²) >= 11 is 3.64. The summed E-state index contributed by atoms with van der Waals surface area (Å²) in [7, 11) is 2.30. The lowest BCUT2D eigenvalue weighted by molar-refractivity contribution is 0.106. The second-order valence-corrected chi connectivity index (χ2v) is 7.20. The zero-order chi connectivity index (χ0) is 14.1. The molecule has 3 unspecified atom stereocenters. The van der Waals surface area contributed by atoms with Crippen LogP contribution >= 0.6 is 15.9 Å². The summed E-state index contributed by atoms with van der Waals surface area (Å²) in [5.74, 6) is 1.78. The first-order valence-electron chi connectivity index (χ1n) is 7.89. The van der Waals surface area contributed by atoms with Crippen LogP contribution in [0.4, 0.5) is 0 Å². The quantitative estimate of drug-likeness (QED) is 0.879. The van der Waals surface area contributed by atoms with E-state index in [0.717, 1.165) is 35.3 Å². The molecule has 0 radical (unpaired) electrons. The molecule has 3 heterocycles. The average molecular weight is 341 g/mol. The summed E-state index contributed by atoms with van der Waals surface area (Å²) in [6.45, 7) is 3.28. The number of nitrogens with one attached hydrogen (secondary N) is 1. The van der Waals surface area contributed by atoms with Crippen LogP contribution in [0.1, 0.15) is 50.8 Å². The minimum absolute atomic E-state index is 0.358. The van der Waals surface area contributed by atoms with Crippen molar-refractivity contribution >= 4 is 15.9 Å². The molecule has 3 nitrogen and oxygen atoms in total. The number of nitrogens with zero attached hydrogens (tertiary/aromatic N) is 1. The lowest BCUT2D eigenvalue weighted by Crippen LogP contribution is -2.43. The van der Waals surface area contributed by atoms with Gasteiger partial charge < -0.3 is 14.6 Å². The topological polar surface area (TPSA) is 28.4 Å². The van der Waals surface area contributed by atoms with Crippen molar-refractivity contribution in [2.75, 3.05) is 13.6 Å². The van der Waals surface area contributed by atoms with Crippen molar-refractivity contribution in [1.82, 2.24) is 10.2 Å². The van der Waals surface area contributed by atoms with Crippen molar-refractivity contribution < 1.29 is 4.42 Å². The van der Waals surface area contributed by atoms with Gasteiger partial charge in [-0.3, -0.25) is 0 Å². The molecule has 0 aliphatic carbocycles. The number of rotatable bonds is 5. The van der Waals surface area contributed by atoms with Crippen molar-refractivity contribution in [1.29, 1.82) is 0 Å². The Kier molecular flexibility index (Phi) is 4.53. The monoisotopic (exact) mass is 340 g/mol. The summed E-state index contributed by atoms with van der Waals surface area (Å²) < 4.78 is 6.88. The highest BCUT2D eigenvalue weighted by Crippen LogP contribution is 2.43. The van der Waals surface area contributed by atoms with Crippen LogP contribution in [0.25, 0.3) is 0 Å². The van der Waals surface area contributed by atoms with Gasteiger partial charge in [0.2, 0.25) is 0 Å². The van der Waals surface area contributed by atoms with Crippen LogP contribution in [-0.4, -0.2) is 30.6 Å². The van der Waals surface area contributed by atoms with Crippen molar-refractivity contribution in [2.24, 2.45) is 5.92 Å². The molecule has 1 aromatic rings. The maximum Gasteiger partial charge on any atom is 0.135 e. The second kappa shape index (κ2) is 6.20. The second-order valence-electron chi connectivity index (χ2n) is 6.35. The van der Waals surface area contributed by atoms with E-state index in [2.05, 4.69) is 40.1 Å². The highest BCUT2D eigenvalue weighted by atomic mass is 79.9. The van der Waals surface area contributed by atoms with E-state index in [-0.39, 0.29) is 0 Å². The first kappa shape index (κ1) is 14.6. The molecule has 2 fully saturated rings. The van der Waals surface area contributed by atoms with E-state index in [4.69, 9.17) is 4.42 Å². The van der Waals surface area contributed by atoms with Crippen molar-refractivity contribution in [3.8, 4) is 0 Å². The Hall–Kier alpha value is -0.320. The Morgan fingerprint density at radius 1 is 1.40 bits per heavy atom. The smallest absolute Gasteiger partial charge is 0.135 e. The van der Waals surface area contributed by atoms with Gasteiger partial charge >= 0.3 is 0 Å². The highest BCUT2D eigenvalue weighted by Gasteiger charge is 2.42. The van der Waals surface area contributed by atoms with Gasteiger partial charge in [0, 0.05) is 12.1 Å². The maximum atomic E-state index is 5.77. The molecule has 1 N–H and O–H groups in total. The number of hydrogen-bond acceptors (Lipinski definition) is 3. The first-order valence-corrected chi connectivity index (χ1v) is 8.68. The highest BCUT2D eigenvalue weighted by molar-refractivity contribution is 9.10. The number of furan rings is 1. The number of halogens is 1. The molecule has 4 heteroatoms. The van der Waals surface area contributed by atoms with Gasteiger partial charge in [-0.1, -0.05) is 6.92 Å². The third kappa shape index (κ3) is 2.70. The predicted octanol–water partition coefficient (Wildman–Crippen LogP) is 3.96. The van der Waals surface area contributed by atoms with Crippen LogP contribution in [0, 0.1) is 5.92 Å². The van der Waals surface area contributed by atoms with Gasteiger partial charge in [-0.05, 0) is 73.6 Å². The molecule has 0 amide bonds. The number of piperidine rings is 1. The minimum Gasteiger partial charge on any atom is -0.466 e. The van der Waals surface area contributed by atoms with E-state index in [0.29, 0.717) is 12.0 Å². The summed E-state index contributed by atoms with van der Waals surface area (Å²) in [6, 6.07) is 3.92. The van der Waals surface area contributed by atoms with Gasteiger partial charge in [0.05, 0.1) is 16.8 Å². The molecule has 2 aliphatic rings. The first-order chi connectivity index (χ1) is 9.70. The van der Waals surface area contributed by atoms with Gasteiger partial charge in [-0.2, -0.15) is 0 Å². The van der Waals surface area contributed by atoms with E-state index in [1.54, 1.807) is 6.26 Å². The summed E-state index contributed by atoms with van der Waals surface area (Å²) in [4.78, 5) is 2.60. The van der Waals surface area contributed by atoms with Crippen LogP contribution in [0.3, 0.4) is 0 Å². The fourth-order valence-electron chi connectivity index (χ4n) is 4.03. The zero-order valence-corrected chi connectivity index (χ0v) is 14.0. The maximum absolute atomic E-state index is 5.77. The molecule has 2 saturated heterocycles. The average Bonchev–Trinajstić information content (AvgIpc) is 2.92. The molecule has 1 aromatic heterocycles. The molecule has 3 rings (SSSR count). The predicted molar refractivity (Wildman–Crippen MR) is 84.7 cm³/mol. The molecule has 20 heavy (non-hydrogen) atoms. The Balaban J connectivity index is 1.78. The van der Waals surface area contributed by atoms with Gasteiger partial charge in [-0.25, -0.2) is 0 Å². The van der Waals surface area contributed by atoms with Gasteiger partial charge in [0.15, 0.2) is 0 Å². The standard InChI is InChI=1S/C16H25BrN2O/c1-3-7-18-15(16-14(17)6-8-20-16)11-9-12-4-5-13(10-11)19(12)2/h6,8,11-13,15,18H,3-5,7,9-10H2,1-2H3. The zero-order valence-electron chi connectivity index (χ0n) is 12.4. The van der Waals surface area contributed by atoms with Crippen molar-refractivity contribution in [3.63, 3.8) is 0 Å². The lowest BCUT2D eigenvalue weighted by Gasteiger charge is -2.39. The third-order valence-corrected chi connectivity index (χ3v) is 5.80. The van der Waals surface area contributed by atoms with Gasteiger partial charge in [0.25, 0.3) is 0 Å². The SMILES string of the molecule is CCCNC(c1occc1Br)C1CC2CCC(C1)N2C. The Bertz CT molecular complexity index is 433. The van der Waals surface area contributed by atoms with Crippen LogP contribution in [0.15, 0.2) is 21.2 Å². The number of hydrogen-bond donors (Lipinski definition) is 1. The Labute approximate surface area is 130 Å². The van der Waals surface area contributed by atoms with E-state index in [1.807, 2.05) is 6.07 Å². The van der Waals surface area contributed by atoms with E-state index < -0.39 is 0 Å². The molecule has 2 bridgehead atoms. The summed E-state index contributed by atoms with van der Waals surface area (Å²) in [5.41, 5.74) is 0. The normalized spacial score (nSPS) is 31.6. The molecule has 112 valence electrons. The van der Waals surface area contributed by atoms with Gasteiger partial charge in [-0.15, -0.1) is 0 Å². The van der Waals surface area contributed by atoms with Crippen LogP contribution < -0.4 is 5.32 Å². The van der Waals surface area contributed by atoms with E-state index in [9.17, 15) is 0 Å². The molecule has 0 spiro atoms. The Morgan fingerprint density at radius 3 is 2.65 bits per heavy atom. The summed E-state index contributed by atoms with van der Waals surface area (Å²) in [6.07, 6.45) is 8.29. The fraction of sp³-hybridized carbons (Fsp3) is 0.750. The van der Waals surface area contributed by atoms with Crippen LogP contribution in [0.2, 0.25) is 0 Å². The lowest BCUT2D eigenvalue weighted by atomic mass is 9.84. The van der Waals surface area contributed by atoms with Gasteiger partial charge in [0.1, 0.15) is 5.76 Å². The molecular formula is C16H25BrN2O. The van der Waals surface area contributed by atoms with E-state index >= 15 is 0 Å². The van der Waals surface area contributed by atoms with E-state index in [1.165, 1.54) is 25.7 Å². The molecule has 3 atom stereocenters. The molecular weight excluding hydrogens is 316 g/mol. The van der Waals surface area contributed by atoms with Crippen LogP contribution in [-0.2, 0) is 0 Å². The minimum atomic E-state index is 0.358. The fourth-order valence-corrected chi connectivity index (χ4v) is 4.47. The third-order valence-electron chi connectivity index (χ3n) is 5.15. The Morgan fingerprint density at radius 2 is 2.10 bits per heavy atom. The summed E-state index contributed by atoms with van der Waals surface area (Å²) in [5, 5.41) is 3.72. The van der Waals surface area contributed by atoms with Crippen molar-refractivity contribution in [2.45, 2.75) is 57.2 Å². The molecule has 0 aromatic carbocycles. The number of fused-ring (bicyclic) bond motifs is 2. The largest absolute Gasteiger partial charge is 0.466 e. The molecule has 0 saturated carbocycles. The van der Waals surface area contributed by atoms with Crippen LogP contribution in [0.5, 0.6) is 0 Å².